The first-order chi connectivity index (χ1) is 13.6. The highest BCUT2D eigenvalue weighted by atomic mass is 35.5. The van der Waals surface area contributed by atoms with E-state index in [1.165, 1.54) is 11.8 Å². The molecule has 28 heavy (non-hydrogen) atoms. The van der Waals surface area contributed by atoms with Crippen molar-refractivity contribution in [3.8, 4) is 17.8 Å². The number of hydrogen-bond acceptors (Lipinski definition) is 4. The molecule has 134 valence electrons. The third kappa shape index (κ3) is 3.32. The largest absolute Gasteiger partial charge is 0.298 e. The number of benzene rings is 2. The zero-order valence-electron chi connectivity index (χ0n) is 14.2. The highest BCUT2D eigenvalue weighted by Crippen LogP contribution is 2.33. The van der Waals surface area contributed by atoms with E-state index >= 15 is 0 Å². The molecule has 4 aromatic rings. The van der Waals surface area contributed by atoms with Crippen molar-refractivity contribution in [2.24, 2.45) is 0 Å². The van der Waals surface area contributed by atoms with Crippen molar-refractivity contribution in [1.29, 1.82) is 10.5 Å². The predicted molar refractivity (Wildman–Crippen MR) is 111 cm³/mol. The summed E-state index contributed by atoms with van der Waals surface area (Å²) in [6, 6.07) is 22.6. The van der Waals surface area contributed by atoms with Crippen molar-refractivity contribution in [3.05, 3.63) is 82.0 Å². The van der Waals surface area contributed by atoms with Gasteiger partial charge in [-0.25, -0.2) is 4.98 Å². The second-order valence-electron chi connectivity index (χ2n) is 5.83. The van der Waals surface area contributed by atoms with Crippen molar-refractivity contribution in [1.82, 2.24) is 9.55 Å². The van der Waals surface area contributed by atoms with Gasteiger partial charge < -0.3 is 0 Å². The molecule has 4 rings (SSSR count). The van der Waals surface area contributed by atoms with Crippen molar-refractivity contribution < 1.29 is 0 Å². The first kappa shape index (κ1) is 18.4. The van der Waals surface area contributed by atoms with Gasteiger partial charge in [-0.1, -0.05) is 35.0 Å². The Morgan fingerprint density at radius 1 is 0.821 bits per heavy atom. The molecule has 0 bridgehead atoms. The summed E-state index contributed by atoms with van der Waals surface area (Å²) < 4.78 is 1.73. The quantitative estimate of drug-likeness (QED) is 0.394. The Bertz CT molecular complexity index is 1260. The minimum Gasteiger partial charge on any atom is -0.298 e. The molecule has 0 amide bonds. The van der Waals surface area contributed by atoms with Crippen LogP contribution in [0.4, 0.5) is 0 Å². The minimum absolute atomic E-state index is 0.251. The van der Waals surface area contributed by atoms with Crippen LogP contribution in [0.5, 0.6) is 0 Å². The van der Waals surface area contributed by atoms with Crippen molar-refractivity contribution in [3.63, 3.8) is 0 Å². The molecule has 2 heterocycles. The van der Waals surface area contributed by atoms with E-state index in [9.17, 15) is 10.5 Å². The summed E-state index contributed by atoms with van der Waals surface area (Å²) in [7, 11) is 0. The van der Waals surface area contributed by atoms with Crippen molar-refractivity contribution in [2.45, 2.75) is 9.92 Å². The van der Waals surface area contributed by atoms with Gasteiger partial charge in [0.25, 0.3) is 0 Å². The number of pyridine rings is 1. The standard InChI is InChI=1S/C21H10Cl2N4S/c22-13-1-5-15(6-2-13)27-18-9-10-20(28-16-7-3-14(23)4-8-16)26-21(18)17(11-24)19(27)12-25/h1-10H. The number of hydrogen-bond donors (Lipinski definition) is 0. The van der Waals surface area contributed by atoms with Gasteiger partial charge in [-0.15, -0.1) is 0 Å². The predicted octanol–water partition coefficient (Wildman–Crippen LogP) is 6.23. The Morgan fingerprint density at radius 3 is 2.07 bits per heavy atom. The SMILES string of the molecule is N#Cc1c(C#N)n(-c2ccc(Cl)cc2)c2ccc(Sc3ccc(Cl)cc3)nc12. The molecule has 4 nitrogen and oxygen atoms in total. The fourth-order valence-electron chi connectivity index (χ4n) is 2.89. The zero-order valence-corrected chi connectivity index (χ0v) is 16.6. The van der Waals surface area contributed by atoms with Gasteiger partial charge in [0, 0.05) is 20.6 Å². The van der Waals surface area contributed by atoms with Gasteiger partial charge in [-0.3, -0.25) is 4.57 Å². The average molecular weight is 421 g/mol. The Hall–Kier alpha value is -2.96. The molecule has 0 N–H and O–H groups in total. The monoisotopic (exact) mass is 420 g/mol. The van der Waals surface area contributed by atoms with Gasteiger partial charge in [-0.2, -0.15) is 10.5 Å². The number of fused-ring (bicyclic) bond motifs is 1. The molecular weight excluding hydrogens is 411 g/mol. The highest BCUT2D eigenvalue weighted by Gasteiger charge is 2.20. The summed E-state index contributed by atoms with van der Waals surface area (Å²) >= 11 is 13.4. The first-order valence-electron chi connectivity index (χ1n) is 8.15. The molecule has 0 radical (unpaired) electrons. The molecule has 2 aromatic heterocycles. The van der Waals surface area contributed by atoms with Crippen LogP contribution in [0.1, 0.15) is 11.3 Å². The third-order valence-electron chi connectivity index (χ3n) is 4.13. The van der Waals surface area contributed by atoms with Crippen LogP contribution in [0.3, 0.4) is 0 Å². The van der Waals surface area contributed by atoms with Crippen molar-refractivity contribution >= 4 is 46.0 Å². The van der Waals surface area contributed by atoms with Crippen LogP contribution in [0.25, 0.3) is 16.7 Å². The van der Waals surface area contributed by atoms with E-state index in [0.29, 0.717) is 21.1 Å². The van der Waals surface area contributed by atoms with Crippen LogP contribution in [-0.4, -0.2) is 9.55 Å². The van der Waals surface area contributed by atoms with Crippen LogP contribution in [-0.2, 0) is 0 Å². The van der Waals surface area contributed by atoms with Crippen LogP contribution >= 0.6 is 35.0 Å². The lowest BCUT2D eigenvalue weighted by atomic mass is 10.2. The van der Waals surface area contributed by atoms with Gasteiger partial charge in [0.05, 0.1) is 5.52 Å². The Balaban J connectivity index is 1.87. The summed E-state index contributed by atoms with van der Waals surface area (Å²) in [4.78, 5) is 5.62. The number of nitrogens with zero attached hydrogens (tertiary/aromatic N) is 4. The fourth-order valence-corrected chi connectivity index (χ4v) is 3.93. The molecule has 0 saturated carbocycles. The molecule has 0 spiro atoms. The highest BCUT2D eigenvalue weighted by molar-refractivity contribution is 7.99. The van der Waals surface area contributed by atoms with Gasteiger partial charge in [0.15, 0.2) is 0 Å². The summed E-state index contributed by atoms with van der Waals surface area (Å²) in [5.74, 6) is 0. The summed E-state index contributed by atoms with van der Waals surface area (Å²) in [6.07, 6.45) is 0. The molecule has 0 aliphatic heterocycles. The fraction of sp³-hybridized carbons (Fsp3) is 0. The molecular formula is C21H10Cl2N4S. The van der Waals surface area contributed by atoms with E-state index in [1.54, 1.807) is 28.8 Å². The van der Waals surface area contributed by atoms with E-state index in [0.717, 1.165) is 15.6 Å². The zero-order chi connectivity index (χ0) is 19.7. The minimum atomic E-state index is 0.251. The van der Waals surface area contributed by atoms with Gasteiger partial charge in [0.1, 0.15) is 33.9 Å². The van der Waals surface area contributed by atoms with Crippen LogP contribution in [0.15, 0.2) is 70.6 Å². The molecule has 7 heteroatoms. The second-order valence-corrected chi connectivity index (χ2v) is 7.80. The molecule has 0 fully saturated rings. The summed E-state index contributed by atoms with van der Waals surface area (Å²) in [5, 5.41) is 21.3. The van der Waals surface area contributed by atoms with E-state index in [-0.39, 0.29) is 11.3 Å². The Kier molecular flexibility index (Phi) is 4.98. The third-order valence-corrected chi connectivity index (χ3v) is 5.57. The Labute approximate surface area is 175 Å². The molecule has 2 aromatic carbocycles. The lowest BCUT2D eigenvalue weighted by Gasteiger charge is -2.07. The topological polar surface area (TPSA) is 65.4 Å². The van der Waals surface area contributed by atoms with E-state index in [2.05, 4.69) is 17.1 Å². The maximum Gasteiger partial charge on any atom is 0.145 e. The van der Waals surface area contributed by atoms with Crippen LogP contribution < -0.4 is 0 Å². The number of aromatic nitrogens is 2. The number of rotatable bonds is 3. The first-order valence-corrected chi connectivity index (χ1v) is 9.73. The number of nitriles is 2. The van der Waals surface area contributed by atoms with Crippen LogP contribution in [0.2, 0.25) is 10.0 Å². The molecule has 0 aliphatic rings. The summed E-state index contributed by atoms with van der Waals surface area (Å²) in [6.45, 7) is 0. The van der Waals surface area contributed by atoms with Gasteiger partial charge in [-0.05, 0) is 60.7 Å². The Morgan fingerprint density at radius 2 is 1.46 bits per heavy atom. The number of halogens is 2. The average Bonchev–Trinajstić information content (AvgIpc) is 3.03. The van der Waals surface area contributed by atoms with Gasteiger partial charge in [0.2, 0.25) is 0 Å². The maximum atomic E-state index is 9.68. The molecule has 0 unspecified atom stereocenters. The van der Waals surface area contributed by atoms with E-state index < -0.39 is 0 Å². The van der Waals surface area contributed by atoms with E-state index in [1.807, 2.05) is 36.4 Å². The molecule has 0 atom stereocenters. The maximum absolute atomic E-state index is 9.68. The normalized spacial score (nSPS) is 10.6. The molecule has 0 saturated heterocycles. The van der Waals surface area contributed by atoms with Gasteiger partial charge >= 0.3 is 0 Å². The second kappa shape index (κ2) is 7.58. The lowest BCUT2D eigenvalue weighted by molar-refractivity contribution is 1.08. The molecule has 0 aliphatic carbocycles. The van der Waals surface area contributed by atoms with Crippen molar-refractivity contribution in [2.75, 3.05) is 0 Å². The van der Waals surface area contributed by atoms with Crippen LogP contribution in [0, 0.1) is 22.7 Å². The van der Waals surface area contributed by atoms with E-state index in [4.69, 9.17) is 23.2 Å². The lowest BCUT2D eigenvalue weighted by Crippen LogP contribution is -1.97. The smallest absolute Gasteiger partial charge is 0.145 e. The summed E-state index contributed by atoms with van der Waals surface area (Å²) in [5.41, 5.74) is 2.43.